The molecule has 2 heterocycles. The molecule has 0 spiro atoms. The van der Waals surface area contributed by atoms with Gasteiger partial charge < -0.3 is 5.32 Å². The maximum absolute atomic E-state index is 4.49. The summed E-state index contributed by atoms with van der Waals surface area (Å²) in [5.74, 6) is 1.55. The van der Waals surface area contributed by atoms with Crippen molar-refractivity contribution < 1.29 is 0 Å². The topological polar surface area (TPSA) is 28.2 Å². The van der Waals surface area contributed by atoms with Crippen LogP contribution in [0.15, 0.2) is 18.3 Å². The highest BCUT2D eigenvalue weighted by Crippen LogP contribution is 2.18. The van der Waals surface area contributed by atoms with Crippen molar-refractivity contribution in [3.63, 3.8) is 0 Å². The number of nitrogens with one attached hydrogen (secondary N) is 1. The monoisotopic (exact) mass is 261 g/mol. The molecular formula is C16H27N3. The Morgan fingerprint density at radius 3 is 3.05 bits per heavy atom. The standard InChI is InChI=1S/C16H27N3/c1-13(2)9-17-10-15-6-8-19(11-15)12-16-14(3)5-4-7-18-16/h4-5,7,13,15,17H,6,8-12H2,1-3H3. The highest BCUT2D eigenvalue weighted by molar-refractivity contribution is 5.17. The number of aromatic nitrogens is 1. The quantitative estimate of drug-likeness (QED) is 0.852. The van der Waals surface area contributed by atoms with Crippen molar-refractivity contribution in [2.75, 3.05) is 26.2 Å². The third-order valence-corrected chi connectivity index (χ3v) is 3.85. The summed E-state index contributed by atoms with van der Waals surface area (Å²) in [6.45, 7) is 12.4. The molecule has 0 aromatic carbocycles. The second kappa shape index (κ2) is 7.01. The van der Waals surface area contributed by atoms with Gasteiger partial charge in [0.15, 0.2) is 0 Å². The van der Waals surface area contributed by atoms with Crippen LogP contribution in [0.2, 0.25) is 0 Å². The van der Waals surface area contributed by atoms with Crippen LogP contribution in [-0.4, -0.2) is 36.1 Å². The van der Waals surface area contributed by atoms with Gasteiger partial charge in [-0.05, 0) is 56.4 Å². The third-order valence-electron chi connectivity index (χ3n) is 3.85. The van der Waals surface area contributed by atoms with Gasteiger partial charge in [-0.2, -0.15) is 0 Å². The lowest BCUT2D eigenvalue weighted by Gasteiger charge is -2.17. The van der Waals surface area contributed by atoms with Crippen molar-refractivity contribution in [3.8, 4) is 0 Å². The molecule has 1 atom stereocenters. The second-order valence-corrected chi connectivity index (χ2v) is 6.21. The van der Waals surface area contributed by atoms with Crippen LogP contribution < -0.4 is 5.32 Å². The molecule has 1 unspecified atom stereocenters. The van der Waals surface area contributed by atoms with E-state index in [1.807, 2.05) is 12.3 Å². The maximum atomic E-state index is 4.49. The number of hydrogen-bond donors (Lipinski definition) is 1. The molecule has 0 saturated carbocycles. The first-order valence-electron chi connectivity index (χ1n) is 7.48. The van der Waals surface area contributed by atoms with E-state index in [2.05, 4.69) is 42.0 Å². The lowest BCUT2D eigenvalue weighted by molar-refractivity contribution is 0.309. The highest BCUT2D eigenvalue weighted by atomic mass is 15.2. The molecule has 1 N–H and O–H groups in total. The van der Waals surface area contributed by atoms with Crippen LogP contribution >= 0.6 is 0 Å². The number of hydrogen-bond acceptors (Lipinski definition) is 3. The van der Waals surface area contributed by atoms with Crippen LogP contribution in [0.1, 0.15) is 31.5 Å². The maximum Gasteiger partial charge on any atom is 0.0573 e. The van der Waals surface area contributed by atoms with Crippen molar-refractivity contribution in [2.24, 2.45) is 11.8 Å². The predicted octanol–water partition coefficient (Wildman–Crippen LogP) is 2.46. The smallest absolute Gasteiger partial charge is 0.0573 e. The molecular weight excluding hydrogens is 234 g/mol. The zero-order chi connectivity index (χ0) is 13.7. The van der Waals surface area contributed by atoms with E-state index < -0.39 is 0 Å². The van der Waals surface area contributed by atoms with E-state index >= 15 is 0 Å². The number of pyridine rings is 1. The molecule has 2 rings (SSSR count). The summed E-state index contributed by atoms with van der Waals surface area (Å²) in [5, 5.41) is 3.58. The molecule has 19 heavy (non-hydrogen) atoms. The Hall–Kier alpha value is -0.930. The Bertz CT molecular complexity index is 389. The van der Waals surface area contributed by atoms with Crippen LogP contribution in [0.5, 0.6) is 0 Å². The van der Waals surface area contributed by atoms with Crippen molar-refractivity contribution in [2.45, 2.75) is 33.7 Å². The van der Waals surface area contributed by atoms with E-state index in [9.17, 15) is 0 Å². The minimum Gasteiger partial charge on any atom is -0.316 e. The van der Waals surface area contributed by atoms with E-state index in [1.54, 1.807) is 0 Å². The van der Waals surface area contributed by atoms with Crippen LogP contribution in [0.3, 0.4) is 0 Å². The highest BCUT2D eigenvalue weighted by Gasteiger charge is 2.22. The Morgan fingerprint density at radius 1 is 1.47 bits per heavy atom. The molecule has 0 aliphatic carbocycles. The summed E-state index contributed by atoms with van der Waals surface area (Å²) in [7, 11) is 0. The molecule has 1 fully saturated rings. The fraction of sp³-hybridized carbons (Fsp3) is 0.688. The summed E-state index contributed by atoms with van der Waals surface area (Å²) < 4.78 is 0. The van der Waals surface area contributed by atoms with Gasteiger partial charge in [-0.3, -0.25) is 9.88 Å². The zero-order valence-corrected chi connectivity index (χ0v) is 12.5. The van der Waals surface area contributed by atoms with Gasteiger partial charge in [-0.25, -0.2) is 0 Å². The second-order valence-electron chi connectivity index (χ2n) is 6.21. The largest absolute Gasteiger partial charge is 0.316 e. The van der Waals surface area contributed by atoms with Crippen molar-refractivity contribution in [1.29, 1.82) is 0 Å². The van der Waals surface area contributed by atoms with Gasteiger partial charge in [0.1, 0.15) is 0 Å². The van der Waals surface area contributed by atoms with E-state index in [1.165, 1.54) is 30.8 Å². The molecule has 1 saturated heterocycles. The van der Waals surface area contributed by atoms with Crippen molar-refractivity contribution in [3.05, 3.63) is 29.6 Å². The van der Waals surface area contributed by atoms with E-state index in [4.69, 9.17) is 0 Å². The summed E-state index contributed by atoms with van der Waals surface area (Å²) >= 11 is 0. The van der Waals surface area contributed by atoms with Crippen LogP contribution in [0.4, 0.5) is 0 Å². The average molecular weight is 261 g/mol. The Balaban J connectivity index is 1.75. The van der Waals surface area contributed by atoms with Gasteiger partial charge in [0.05, 0.1) is 5.69 Å². The molecule has 1 aliphatic rings. The molecule has 0 bridgehead atoms. The van der Waals surface area contributed by atoms with Gasteiger partial charge in [-0.1, -0.05) is 19.9 Å². The summed E-state index contributed by atoms with van der Waals surface area (Å²) in [5.41, 5.74) is 2.54. The van der Waals surface area contributed by atoms with Crippen LogP contribution in [-0.2, 0) is 6.54 Å². The van der Waals surface area contributed by atoms with Crippen LogP contribution in [0, 0.1) is 18.8 Å². The van der Waals surface area contributed by atoms with Crippen molar-refractivity contribution in [1.82, 2.24) is 15.2 Å². The fourth-order valence-corrected chi connectivity index (χ4v) is 2.69. The molecule has 1 aromatic rings. The Morgan fingerprint density at radius 2 is 2.32 bits per heavy atom. The van der Waals surface area contributed by atoms with E-state index in [0.29, 0.717) is 0 Å². The molecule has 0 radical (unpaired) electrons. The zero-order valence-electron chi connectivity index (χ0n) is 12.5. The molecule has 3 heteroatoms. The molecule has 1 aromatic heterocycles. The third kappa shape index (κ3) is 4.59. The number of rotatable bonds is 6. The Labute approximate surface area is 117 Å². The first-order chi connectivity index (χ1) is 9.15. The lowest BCUT2D eigenvalue weighted by atomic mass is 10.1. The number of aryl methyl sites for hydroxylation is 1. The first-order valence-corrected chi connectivity index (χ1v) is 7.48. The van der Waals surface area contributed by atoms with Crippen LogP contribution in [0.25, 0.3) is 0 Å². The van der Waals surface area contributed by atoms with Gasteiger partial charge in [0.2, 0.25) is 0 Å². The van der Waals surface area contributed by atoms with Gasteiger partial charge in [0.25, 0.3) is 0 Å². The molecule has 106 valence electrons. The minimum absolute atomic E-state index is 0.744. The molecule has 0 amide bonds. The Kier molecular flexibility index (Phi) is 5.34. The first kappa shape index (κ1) is 14.5. The number of nitrogens with zero attached hydrogens (tertiary/aromatic N) is 2. The summed E-state index contributed by atoms with van der Waals surface area (Å²) in [6.07, 6.45) is 3.22. The van der Waals surface area contributed by atoms with Gasteiger partial charge in [-0.15, -0.1) is 0 Å². The minimum atomic E-state index is 0.744. The summed E-state index contributed by atoms with van der Waals surface area (Å²) in [4.78, 5) is 7.03. The predicted molar refractivity (Wildman–Crippen MR) is 80.1 cm³/mol. The normalized spacial score (nSPS) is 20.3. The van der Waals surface area contributed by atoms with Gasteiger partial charge in [0, 0.05) is 19.3 Å². The molecule has 1 aliphatic heterocycles. The lowest BCUT2D eigenvalue weighted by Crippen LogP contribution is -2.28. The molecule has 3 nitrogen and oxygen atoms in total. The van der Waals surface area contributed by atoms with Gasteiger partial charge >= 0.3 is 0 Å². The fourth-order valence-electron chi connectivity index (χ4n) is 2.69. The van der Waals surface area contributed by atoms with Crippen molar-refractivity contribution >= 4 is 0 Å². The summed E-state index contributed by atoms with van der Waals surface area (Å²) in [6, 6.07) is 4.17. The SMILES string of the molecule is Cc1cccnc1CN1CCC(CNCC(C)C)C1. The van der Waals surface area contributed by atoms with E-state index in [-0.39, 0.29) is 0 Å². The number of likely N-dealkylation sites (tertiary alicyclic amines) is 1. The average Bonchev–Trinajstić information content (AvgIpc) is 2.79. The van der Waals surface area contributed by atoms with E-state index in [0.717, 1.165) is 31.5 Å².